The third-order valence-corrected chi connectivity index (χ3v) is 4.31. The van der Waals surface area contributed by atoms with Crippen LogP contribution < -0.4 is 5.32 Å². The molecule has 2 aromatic carbocycles. The van der Waals surface area contributed by atoms with Crippen LogP contribution in [0.1, 0.15) is 29.7 Å². The second-order valence-electron chi connectivity index (χ2n) is 4.60. The van der Waals surface area contributed by atoms with Crippen molar-refractivity contribution in [2.24, 2.45) is 0 Å². The van der Waals surface area contributed by atoms with E-state index in [-0.39, 0.29) is 5.56 Å². The standard InChI is InChI=1S/C16H16BrF2N/c1-3-20-16(11-7-4-6-10(2)15(11)17)14-12(18)8-5-9-13(14)19/h4-9,16,20H,3H2,1-2H3. The zero-order chi connectivity index (χ0) is 14.7. The molecule has 0 saturated carbocycles. The number of hydrogen-bond acceptors (Lipinski definition) is 1. The van der Waals surface area contributed by atoms with Crippen molar-refractivity contribution in [1.29, 1.82) is 0 Å². The largest absolute Gasteiger partial charge is 0.306 e. The van der Waals surface area contributed by atoms with Gasteiger partial charge in [-0.25, -0.2) is 8.78 Å². The van der Waals surface area contributed by atoms with Gasteiger partial charge in [-0.2, -0.15) is 0 Å². The van der Waals surface area contributed by atoms with Crippen molar-refractivity contribution in [3.05, 3.63) is 69.2 Å². The van der Waals surface area contributed by atoms with E-state index in [1.54, 1.807) is 0 Å². The molecule has 0 spiro atoms. The first kappa shape index (κ1) is 15.1. The number of hydrogen-bond donors (Lipinski definition) is 1. The maximum absolute atomic E-state index is 14.0. The van der Waals surface area contributed by atoms with Gasteiger partial charge in [-0.1, -0.05) is 47.1 Å². The maximum atomic E-state index is 14.0. The van der Waals surface area contributed by atoms with Crippen molar-refractivity contribution < 1.29 is 8.78 Å². The van der Waals surface area contributed by atoms with E-state index in [2.05, 4.69) is 21.2 Å². The molecule has 0 aliphatic carbocycles. The van der Waals surface area contributed by atoms with Crippen LogP contribution in [0.5, 0.6) is 0 Å². The molecule has 0 fully saturated rings. The minimum absolute atomic E-state index is 0.0562. The summed E-state index contributed by atoms with van der Waals surface area (Å²) < 4.78 is 29.0. The Morgan fingerprint density at radius 2 is 1.70 bits per heavy atom. The van der Waals surface area contributed by atoms with Crippen LogP contribution in [0.3, 0.4) is 0 Å². The summed E-state index contributed by atoms with van der Waals surface area (Å²) in [4.78, 5) is 0. The molecule has 1 atom stereocenters. The molecular formula is C16H16BrF2N. The van der Waals surface area contributed by atoms with Crippen LogP contribution in [0, 0.1) is 18.6 Å². The minimum Gasteiger partial charge on any atom is -0.306 e. The Morgan fingerprint density at radius 3 is 2.30 bits per heavy atom. The van der Waals surface area contributed by atoms with Gasteiger partial charge in [0.25, 0.3) is 0 Å². The predicted molar refractivity (Wildman–Crippen MR) is 80.8 cm³/mol. The first-order valence-electron chi connectivity index (χ1n) is 6.48. The second-order valence-corrected chi connectivity index (χ2v) is 5.40. The Morgan fingerprint density at radius 1 is 1.10 bits per heavy atom. The van der Waals surface area contributed by atoms with Crippen molar-refractivity contribution in [3.63, 3.8) is 0 Å². The smallest absolute Gasteiger partial charge is 0.131 e. The fourth-order valence-electron chi connectivity index (χ4n) is 2.25. The zero-order valence-electron chi connectivity index (χ0n) is 11.4. The summed E-state index contributed by atoms with van der Waals surface area (Å²) in [6, 6.07) is 9.14. The van der Waals surface area contributed by atoms with E-state index in [0.29, 0.717) is 6.54 Å². The Labute approximate surface area is 126 Å². The number of nitrogens with one attached hydrogen (secondary N) is 1. The van der Waals surface area contributed by atoms with Gasteiger partial charge in [-0.3, -0.25) is 0 Å². The number of benzene rings is 2. The molecule has 2 rings (SSSR count). The lowest BCUT2D eigenvalue weighted by atomic mass is 9.96. The highest BCUT2D eigenvalue weighted by Crippen LogP contribution is 2.33. The van der Waals surface area contributed by atoms with Gasteiger partial charge in [0.05, 0.1) is 6.04 Å². The average Bonchev–Trinajstić information content (AvgIpc) is 2.41. The van der Waals surface area contributed by atoms with E-state index < -0.39 is 17.7 Å². The first-order chi connectivity index (χ1) is 9.56. The monoisotopic (exact) mass is 339 g/mol. The summed E-state index contributed by atoms with van der Waals surface area (Å²) in [5, 5.41) is 3.15. The van der Waals surface area contributed by atoms with Crippen molar-refractivity contribution in [3.8, 4) is 0 Å². The summed E-state index contributed by atoms with van der Waals surface area (Å²) in [5.41, 5.74) is 1.92. The molecule has 1 unspecified atom stereocenters. The summed E-state index contributed by atoms with van der Waals surface area (Å²) in [6.45, 7) is 4.47. The Balaban J connectivity index is 2.60. The van der Waals surface area contributed by atoms with Gasteiger partial charge < -0.3 is 5.32 Å². The van der Waals surface area contributed by atoms with E-state index in [0.717, 1.165) is 15.6 Å². The van der Waals surface area contributed by atoms with Gasteiger partial charge in [0.2, 0.25) is 0 Å². The molecule has 0 heterocycles. The molecule has 2 aromatic rings. The van der Waals surface area contributed by atoms with Crippen molar-refractivity contribution in [2.45, 2.75) is 19.9 Å². The summed E-state index contributed by atoms with van der Waals surface area (Å²) in [5.74, 6) is -1.08. The van der Waals surface area contributed by atoms with Crippen LogP contribution >= 0.6 is 15.9 Å². The highest BCUT2D eigenvalue weighted by molar-refractivity contribution is 9.10. The van der Waals surface area contributed by atoms with Gasteiger partial charge in [-0.05, 0) is 36.7 Å². The molecular weight excluding hydrogens is 324 g/mol. The lowest BCUT2D eigenvalue weighted by Crippen LogP contribution is -2.24. The molecule has 0 radical (unpaired) electrons. The average molecular weight is 340 g/mol. The van der Waals surface area contributed by atoms with Gasteiger partial charge >= 0.3 is 0 Å². The topological polar surface area (TPSA) is 12.0 Å². The molecule has 0 aliphatic heterocycles. The third-order valence-electron chi connectivity index (χ3n) is 3.23. The molecule has 0 aliphatic rings. The molecule has 1 N–H and O–H groups in total. The highest BCUT2D eigenvalue weighted by atomic mass is 79.9. The second kappa shape index (κ2) is 6.46. The van der Waals surface area contributed by atoms with Gasteiger partial charge in [0, 0.05) is 10.0 Å². The van der Waals surface area contributed by atoms with E-state index in [9.17, 15) is 8.78 Å². The number of halogens is 3. The van der Waals surface area contributed by atoms with Crippen LogP contribution in [0.4, 0.5) is 8.78 Å². The predicted octanol–water partition coefficient (Wildman–Crippen LogP) is 4.73. The van der Waals surface area contributed by atoms with Crippen LogP contribution in [0.2, 0.25) is 0 Å². The summed E-state index contributed by atoms with van der Waals surface area (Å²) >= 11 is 3.51. The van der Waals surface area contributed by atoms with Crippen LogP contribution in [0.25, 0.3) is 0 Å². The van der Waals surface area contributed by atoms with E-state index in [1.165, 1.54) is 18.2 Å². The van der Waals surface area contributed by atoms with Crippen molar-refractivity contribution in [1.82, 2.24) is 5.32 Å². The maximum Gasteiger partial charge on any atom is 0.131 e. The molecule has 0 amide bonds. The lowest BCUT2D eigenvalue weighted by Gasteiger charge is -2.22. The number of aryl methyl sites for hydroxylation is 1. The molecule has 0 bridgehead atoms. The third kappa shape index (κ3) is 2.91. The Bertz CT molecular complexity index is 593. The molecule has 106 valence electrons. The Hall–Kier alpha value is -1.26. The summed E-state index contributed by atoms with van der Waals surface area (Å²) in [7, 11) is 0. The quantitative estimate of drug-likeness (QED) is 0.848. The van der Waals surface area contributed by atoms with E-state index in [4.69, 9.17) is 0 Å². The van der Waals surface area contributed by atoms with E-state index >= 15 is 0 Å². The molecule has 0 saturated heterocycles. The summed E-state index contributed by atoms with van der Waals surface area (Å²) in [6.07, 6.45) is 0. The van der Waals surface area contributed by atoms with Crippen molar-refractivity contribution in [2.75, 3.05) is 6.54 Å². The van der Waals surface area contributed by atoms with Crippen molar-refractivity contribution >= 4 is 15.9 Å². The first-order valence-corrected chi connectivity index (χ1v) is 7.27. The Kier molecular flexibility index (Phi) is 4.89. The number of rotatable bonds is 4. The fourth-order valence-corrected chi connectivity index (χ4v) is 2.74. The lowest BCUT2D eigenvalue weighted by molar-refractivity contribution is 0.509. The molecule has 4 heteroatoms. The molecule has 1 nitrogen and oxygen atoms in total. The van der Waals surface area contributed by atoms with Crippen LogP contribution in [0.15, 0.2) is 40.9 Å². The van der Waals surface area contributed by atoms with Crippen LogP contribution in [-0.2, 0) is 0 Å². The van der Waals surface area contributed by atoms with Crippen LogP contribution in [-0.4, -0.2) is 6.54 Å². The van der Waals surface area contributed by atoms with Gasteiger partial charge in [0.15, 0.2) is 0 Å². The van der Waals surface area contributed by atoms with E-state index in [1.807, 2.05) is 32.0 Å². The fraction of sp³-hybridized carbons (Fsp3) is 0.250. The van der Waals surface area contributed by atoms with Gasteiger partial charge in [0.1, 0.15) is 11.6 Å². The highest BCUT2D eigenvalue weighted by Gasteiger charge is 2.23. The molecule has 20 heavy (non-hydrogen) atoms. The zero-order valence-corrected chi connectivity index (χ0v) is 13.0. The van der Waals surface area contributed by atoms with Gasteiger partial charge in [-0.15, -0.1) is 0 Å². The SMILES string of the molecule is CCNC(c1cccc(C)c1Br)c1c(F)cccc1F. The minimum atomic E-state index is -0.538. The normalized spacial score (nSPS) is 12.4. The molecule has 0 aromatic heterocycles.